The molecule has 18 heavy (non-hydrogen) atoms. The molecule has 104 valence electrons. The molecule has 3 N–H and O–H groups in total. The summed E-state index contributed by atoms with van der Waals surface area (Å²) in [6.45, 7) is 7.36. The Kier molecular flexibility index (Phi) is 5.14. The number of rotatable bonds is 5. The Morgan fingerprint density at radius 3 is 2.50 bits per heavy atom. The third-order valence-electron chi connectivity index (χ3n) is 4.18. The van der Waals surface area contributed by atoms with E-state index in [0.29, 0.717) is 38.9 Å². The lowest BCUT2D eigenvalue weighted by atomic mass is 9.80. The first-order valence-electron chi connectivity index (χ1n) is 6.85. The zero-order chi connectivity index (χ0) is 13.8. The van der Waals surface area contributed by atoms with Crippen LogP contribution in [0.25, 0.3) is 0 Å². The Labute approximate surface area is 109 Å². The summed E-state index contributed by atoms with van der Waals surface area (Å²) < 4.78 is 0. The van der Waals surface area contributed by atoms with Gasteiger partial charge in [0.1, 0.15) is 6.04 Å². The second kappa shape index (κ2) is 6.18. The van der Waals surface area contributed by atoms with Crippen LogP contribution in [0.4, 0.5) is 0 Å². The summed E-state index contributed by atoms with van der Waals surface area (Å²) in [5.41, 5.74) is 5.30. The summed E-state index contributed by atoms with van der Waals surface area (Å²) >= 11 is 0. The van der Waals surface area contributed by atoms with E-state index in [-0.39, 0.29) is 17.9 Å². The fraction of sp³-hybridized carbons (Fsp3) is 0.846. The van der Waals surface area contributed by atoms with Gasteiger partial charge in [-0.05, 0) is 19.3 Å². The SMILES string of the molecule is CCC1C(=O)NCCN1C(=O)C(CC)(CC)CN. The molecule has 1 unspecified atom stereocenters. The van der Waals surface area contributed by atoms with Crippen LogP contribution in [0.3, 0.4) is 0 Å². The van der Waals surface area contributed by atoms with E-state index < -0.39 is 5.41 Å². The monoisotopic (exact) mass is 255 g/mol. The van der Waals surface area contributed by atoms with Crippen molar-refractivity contribution in [3.8, 4) is 0 Å². The van der Waals surface area contributed by atoms with Gasteiger partial charge in [-0.2, -0.15) is 0 Å². The Balaban J connectivity index is 2.96. The Morgan fingerprint density at radius 2 is 2.06 bits per heavy atom. The van der Waals surface area contributed by atoms with Crippen molar-refractivity contribution in [3.63, 3.8) is 0 Å². The molecule has 0 aromatic carbocycles. The Morgan fingerprint density at radius 1 is 1.44 bits per heavy atom. The average molecular weight is 255 g/mol. The molecule has 1 rings (SSSR count). The number of piperazine rings is 1. The minimum Gasteiger partial charge on any atom is -0.353 e. The highest BCUT2D eigenvalue weighted by Crippen LogP contribution is 2.29. The Bertz CT molecular complexity index is 305. The van der Waals surface area contributed by atoms with Gasteiger partial charge in [0.25, 0.3) is 0 Å². The Hall–Kier alpha value is -1.10. The van der Waals surface area contributed by atoms with Crippen molar-refractivity contribution in [1.82, 2.24) is 10.2 Å². The topological polar surface area (TPSA) is 75.4 Å². The minimum absolute atomic E-state index is 0.0386. The van der Waals surface area contributed by atoms with Crippen molar-refractivity contribution in [2.75, 3.05) is 19.6 Å². The van der Waals surface area contributed by atoms with Gasteiger partial charge in [0, 0.05) is 19.6 Å². The van der Waals surface area contributed by atoms with Gasteiger partial charge in [-0.1, -0.05) is 20.8 Å². The fourth-order valence-corrected chi connectivity index (χ4v) is 2.60. The second-order valence-electron chi connectivity index (χ2n) is 4.91. The van der Waals surface area contributed by atoms with Crippen LogP contribution in [0.2, 0.25) is 0 Å². The molecule has 0 bridgehead atoms. The molecule has 1 aliphatic rings. The largest absolute Gasteiger partial charge is 0.353 e. The van der Waals surface area contributed by atoms with Gasteiger partial charge in [-0.3, -0.25) is 9.59 Å². The van der Waals surface area contributed by atoms with Crippen molar-refractivity contribution >= 4 is 11.8 Å². The quantitative estimate of drug-likeness (QED) is 0.750. The maximum Gasteiger partial charge on any atom is 0.242 e. The van der Waals surface area contributed by atoms with E-state index in [1.165, 1.54) is 0 Å². The van der Waals surface area contributed by atoms with Crippen molar-refractivity contribution < 1.29 is 9.59 Å². The van der Waals surface area contributed by atoms with Crippen LogP contribution in [0.5, 0.6) is 0 Å². The summed E-state index contributed by atoms with van der Waals surface area (Å²) in [6, 6.07) is -0.338. The lowest BCUT2D eigenvalue weighted by Crippen LogP contribution is -2.60. The molecule has 5 nitrogen and oxygen atoms in total. The number of hydrogen-bond donors (Lipinski definition) is 2. The van der Waals surface area contributed by atoms with Gasteiger partial charge in [-0.25, -0.2) is 0 Å². The van der Waals surface area contributed by atoms with Gasteiger partial charge in [0.2, 0.25) is 11.8 Å². The van der Waals surface area contributed by atoms with Crippen molar-refractivity contribution in [2.24, 2.45) is 11.1 Å². The molecule has 0 aromatic rings. The van der Waals surface area contributed by atoms with Crippen LogP contribution in [0.1, 0.15) is 40.0 Å². The van der Waals surface area contributed by atoms with E-state index in [4.69, 9.17) is 5.73 Å². The average Bonchev–Trinajstić information content (AvgIpc) is 2.40. The van der Waals surface area contributed by atoms with E-state index in [0.717, 1.165) is 0 Å². The maximum atomic E-state index is 12.7. The summed E-state index contributed by atoms with van der Waals surface area (Å²) in [6.07, 6.45) is 2.08. The first-order chi connectivity index (χ1) is 8.56. The summed E-state index contributed by atoms with van der Waals surface area (Å²) in [7, 11) is 0. The zero-order valence-electron chi connectivity index (χ0n) is 11.7. The van der Waals surface area contributed by atoms with Gasteiger partial charge in [0.15, 0.2) is 0 Å². The highest BCUT2D eigenvalue weighted by atomic mass is 16.2. The standard InChI is InChI=1S/C13H25N3O2/c1-4-10-11(17)15-7-8-16(10)12(18)13(5-2,6-3)9-14/h10H,4-9,14H2,1-3H3,(H,15,17). The smallest absolute Gasteiger partial charge is 0.242 e. The third kappa shape index (κ3) is 2.51. The molecule has 0 spiro atoms. The van der Waals surface area contributed by atoms with Crippen molar-refractivity contribution in [2.45, 2.75) is 46.1 Å². The van der Waals surface area contributed by atoms with Crippen LogP contribution in [-0.4, -0.2) is 42.4 Å². The van der Waals surface area contributed by atoms with E-state index in [2.05, 4.69) is 5.32 Å². The zero-order valence-corrected chi connectivity index (χ0v) is 11.7. The molecule has 2 amide bonds. The molecule has 1 atom stereocenters. The molecule has 1 aliphatic heterocycles. The number of carbonyl (C=O) groups is 2. The van der Waals surface area contributed by atoms with Gasteiger partial charge < -0.3 is 16.0 Å². The van der Waals surface area contributed by atoms with E-state index in [1.54, 1.807) is 4.90 Å². The number of nitrogens with zero attached hydrogens (tertiary/aromatic N) is 1. The van der Waals surface area contributed by atoms with E-state index >= 15 is 0 Å². The molecular weight excluding hydrogens is 230 g/mol. The van der Waals surface area contributed by atoms with Crippen molar-refractivity contribution in [3.05, 3.63) is 0 Å². The lowest BCUT2D eigenvalue weighted by Gasteiger charge is -2.41. The molecule has 0 aliphatic carbocycles. The normalized spacial score (nSPS) is 20.8. The van der Waals surface area contributed by atoms with Gasteiger partial charge in [-0.15, -0.1) is 0 Å². The summed E-state index contributed by atoms with van der Waals surface area (Å²) in [4.78, 5) is 26.2. The van der Waals surface area contributed by atoms with Crippen LogP contribution >= 0.6 is 0 Å². The molecule has 0 radical (unpaired) electrons. The van der Waals surface area contributed by atoms with Gasteiger partial charge in [0.05, 0.1) is 5.41 Å². The molecule has 0 aromatic heterocycles. The maximum absolute atomic E-state index is 12.7. The number of carbonyl (C=O) groups excluding carboxylic acids is 2. The third-order valence-corrected chi connectivity index (χ3v) is 4.18. The number of nitrogens with one attached hydrogen (secondary N) is 1. The molecule has 1 saturated heterocycles. The highest BCUT2D eigenvalue weighted by Gasteiger charge is 2.41. The highest BCUT2D eigenvalue weighted by molar-refractivity contribution is 5.91. The second-order valence-corrected chi connectivity index (χ2v) is 4.91. The number of amides is 2. The number of hydrogen-bond acceptors (Lipinski definition) is 3. The predicted molar refractivity (Wildman–Crippen MR) is 70.9 cm³/mol. The minimum atomic E-state index is -0.509. The first kappa shape index (κ1) is 15.0. The first-order valence-corrected chi connectivity index (χ1v) is 6.85. The lowest BCUT2D eigenvalue weighted by molar-refractivity contribution is -0.151. The van der Waals surface area contributed by atoms with E-state index in [9.17, 15) is 9.59 Å². The van der Waals surface area contributed by atoms with Crippen LogP contribution in [0, 0.1) is 5.41 Å². The van der Waals surface area contributed by atoms with Crippen molar-refractivity contribution in [1.29, 1.82) is 0 Å². The molecule has 1 heterocycles. The van der Waals surface area contributed by atoms with Crippen LogP contribution in [0.15, 0.2) is 0 Å². The molecule has 5 heteroatoms. The van der Waals surface area contributed by atoms with E-state index in [1.807, 2.05) is 20.8 Å². The number of nitrogens with two attached hydrogens (primary N) is 1. The molecule has 0 saturated carbocycles. The summed E-state index contributed by atoms with van der Waals surface area (Å²) in [5, 5.41) is 2.81. The fourth-order valence-electron chi connectivity index (χ4n) is 2.60. The molecule has 1 fully saturated rings. The van der Waals surface area contributed by atoms with Crippen LogP contribution in [-0.2, 0) is 9.59 Å². The summed E-state index contributed by atoms with van der Waals surface area (Å²) in [5.74, 6) is -0.00747. The molecular formula is C13H25N3O2. The van der Waals surface area contributed by atoms with Gasteiger partial charge >= 0.3 is 0 Å². The van der Waals surface area contributed by atoms with Crippen LogP contribution < -0.4 is 11.1 Å². The predicted octanol–water partition coefficient (Wildman–Crippen LogP) is 0.489.